The van der Waals surface area contributed by atoms with Gasteiger partial charge in [0.2, 0.25) is 5.78 Å². The zero-order chi connectivity index (χ0) is 19.4. The van der Waals surface area contributed by atoms with Crippen LogP contribution in [0.4, 0.5) is 8.78 Å². The number of aromatic amines is 1. The maximum atomic E-state index is 13.8. The Morgan fingerprint density at radius 2 is 2.00 bits per heavy atom. The van der Waals surface area contributed by atoms with E-state index in [2.05, 4.69) is 4.98 Å². The molecule has 5 nitrogen and oxygen atoms in total. The van der Waals surface area contributed by atoms with E-state index in [4.69, 9.17) is 4.74 Å². The minimum atomic E-state index is -1.15. The summed E-state index contributed by atoms with van der Waals surface area (Å²) in [7, 11) is 0. The van der Waals surface area contributed by atoms with Crippen molar-refractivity contribution in [3.63, 3.8) is 0 Å². The Hall–Kier alpha value is -3.27. The van der Waals surface area contributed by atoms with Crippen LogP contribution in [0.1, 0.15) is 44.6 Å². The zero-order valence-corrected chi connectivity index (χ0v) is 14.4. The first-order chi connectivity index (χ1) is 12.3. The van der Waals surface area contributed by atoms with Gasteiger partial charge in [0.15, 0.2) is 11.6 Å². The Morgan fingerprint density at radius 1 is 1.31 bits per heavy atom. The van der Waals surface area contributed by atoms with E-state index in [0.29, 0.717) is 11.3 Å². The van der Waals surface area contributed by atoms with Crippen molar-refractivity contribution < 1.29 is 23.1 Å². The van der Waals surface area contributed by atoms with Crippen molar-refractivity contribution in [1.82, 2.24) is 4.98 Å². The number of nitrogens with one attached hydrogen (secondary N) is 1. The molecule has 0 aliphatic heterocycles. The van der Waals surface area contributed by atoms with Crippen molar-refractivity contribution in [2.24, 2.45) is 0 Å². The molecule has 0 atom stereocenters. The summed E-state index contributed by atoms with van der Waals surface area (Å²) in [6, 6.07) is 5.15. The number of nitriles is 1. The molecule has 7 heteroatoms. The number of carbonyl (C=O) groups excluding carboxylic acids is 2. The van der Waals surface area contributed by atoms with Gasteiger partial charge in [0.1, 0.15) is 11.6 Å². The van der Waals surface area contributed by atoms with E-state index in [9.17, 15) is 23.6 Å². The number of rotatable bonds is 5. The predicted octanol–water partition coefficient (Wildman–Crippen LogP) is 3.88. The standard InChI is InChI=1S/C19H16F2N2O3/c1-4-26-19(25)15-10(2)17(23-11(15)3)18(24)13(9-22)8-12-6-5-7-14(20)16(12)21/h5-8,23H,4H2,1-3H3/b13-8-. The van der Waals surface area contributed by atoms with Crippen LogP contribution in [0, 0.1) is 36.8 Å². The number of hydrogen-bond acceptors (Lipinski definition) is 4. The Kier molecular flexibility index (Phi) is 5.68. The molecule has 0 bridgehead atoms. The highest BCUT2D eigenvalue weighted by Gasteiger charge is 2.25. The number of esters is 1. The number of benzene rings is 1. The molecule has 2 rings (SSSR count). The van der Waals surface area contributed by atoms with E-state index >= 15 is 0 Å². The molecule has 0 radical (unpaired) electrons. The Bertz CT molecular complexity index is 952. The minimum absolute atomic E-state index is 0.0233. The fraction of sp³-hybridized carbons (Fsp3) is 0.211. The highest BCUT2D eigenvalue weighted by atomic mass is 19.2. The molecule has 0 aliphatic carbocycles. The molecule has 1 aromatic carbocycles. The van der Waals surface area contributed by atoms with Gasteiger partial charge in [0.25, 0.3) is 0 Å². The first-order valence-corrected chi connectivity index (χ1v) is 7.78. The molecule has 1 aromatic heterocycles. The predicted molar refractivity (Wildman–Crippen MR) is 90.5 cm³/mol. The molecule has 0 saturated carbocycles. The van der Waals surface area contributed by atoms with E-state index in [1.807, 2.05) is 0 Å². The molecule has 0 aliphatic rings. The maximum absolute atomic E-state index is 13.8. The number of Topliss-reactive ketones (excluding diaryl/α,β-unsaturated/α-hetero) is 1. The lowest BCUT2D eigenvalue weighted by Crippen LogP contribution is -2.08. The topological polar surface area (TPSA) is 83.0 Å². The summed E-state index contributed by atoms with van der Waals surface area (Å²) in [4.78, 5) is 27.4. The van der Waals surface area contributed by atoms with Crippen LogP contribution in [0.15, 0.2) is 23.8 Å². The van der Waals surface area contributed by atoms with Crippen molar-refractivity contribution in [1.29, 1.82) is 5.26 Å². The third-order valence-corrected chi connectivity index (χ3v) is 3.79. The number of H-pyrrole nitrogens is 1. The van der Waals surface area contributed by atoms with Crippen molar-refractivity contribution in [3.05, 3.63) is 63.5 Å². The monoisotopic (exact) mass is 358 g/mol. The third kappa shape index (κ3) is 3.54. The van der Waals surface area contributed by atoms with E-state index in [1.165, 1.54) is 12.1 Å². The van der Waals surface area contributed by atoms with Crippen LogP contribution in [0.3, 0.4) is 0 Å². The van der Waals surface area contributed by atoms with Crippen LogP contribution in [0.5, 0.6) is 0 Å². The molecule has 0 unspecified atom stereocenters. The van der Waals surface area contributed by atoms with E-state index in [-0.39, 0.29) is 23.4 Å². The van der Waals surface area contributed by atoms with Gasteiger partial charge in [-0.25, -0.2) is 13.6 Å². The summed E-state index contributed by atoms with van der Waals surface area (Å²) in [5, 5.41) is 9.28. The summed E-state index contributed by atoms with van der Waals surface area (Å²) >= 11 is 0. The second-order valence-electron chi connectivity index (χ2n) is 5.49. The second-order valence-corrected chi connectivity index (χ2v) is 5.49. The fourth-order valence-electron chi connectivity index (χ4n) is 2.56. The average Bonchev–Trinajstić information content (AvgIpc) is 2.90. The number of aryl methyl sites for hydroxylation is 1. The van der Waals surface area contributed by atoms with Gasteiger partial charge in [0, 0.05) is 11.3 Å². The van der Waals surface area contributed by atoms with Crippen LogP contribution in [0.25, 0.3) is 6.08 Å². The highest BCUT2D eigenvalue weighted by molar-refractivity contribution is 6.15. The van der Waals surface area contributed by atoms with Crippen LogP contribution in [-0.4, -0.2) is 23.3 Å². The molecule has 2 aromatic rings. The quantitative estimate of drug-likeness (QED) is 0.381. The molecule has 1 N–H and O–H groups in total. The number of carbonyl (C=O) groups is 2. The molecular weight excluding hydrogens is 342 g/mol. The van der Waals surface area contributed by atoms with Crippen molar-refractivity contribution in [2.45, 2.75) is 20.8 Å². The zero-order valence-electron chi connectivity index (χ0n) is 14.4. The number of hydrogen-bond donors (Lipinski definition) is 1. The van der Waals surface area contributed by atoms with Crippen LogP contribution < -0.4 is 0 Å². The first kappa shape index (κ1) is 19.1. The Labute approximate surface area is 148 Å². The van der Waals surface area contributed by atoms with E-state index in [0.717, 1.165) is 12.1 Å². The van der Waals surface area contributed by atoms with Crippen LogP contribution >= 0.6 is 0 Å². The molecule has 0 amide bonds. The molecule has 0 saturated heterocycles. The van der Waals surface area contributed by atoms with Crippen molar-refractivity contribution in [2.75, 3.05) is 6.61 Å². The van der Waals surface area contributed by atoms with Gasteiger partial charge in [-0.2, -0.15) is 5.26 Å². The van der Waals surface area contributed by atoms with Gasteiger partial charge in [-0.05, 0) is 38.5 Å². The fourth-order valence-corrected chi connectivity index (χ4v) is 2.56. The normalized spacial score (nSPS) is 11.2. The number of allylic oxidation sites excluding steroid dienone is 1. The number of aromatic nitrogens is 1. The number of ether oxygens (including phenoxy) is 1. The summed E-state index contributed by atoms with van der Waals surface area (Å²) in [6.07, 6.45) is 0.973. The minimum Gasteiger partial charge on any atom is -0.462 e. The van der Waals surface area contributed by atoms with E-state index < -0.39 is 29.0 Å². The van der Waals surface area contributed by atoms with Gasteiger partial charge in [-0.15, -0.1) is 0 Å². The van der Waals surface area contributed by atoms with Crippen molar-refractivity contribution in [3.8, 4) is 6.07 Å². The number of ketones is 1. The summed E-state index contributed by atoms with van der Waals surface area (Å²) in [6.45, 7) is 4.97. The third-order valence-electron chi connectivity index (χ3n) is 3.79. The smallest absolute Gasteiger partial charge is 0.340 e. The SMILES string of the molecule is CCOC(=O)c1c(C)[nH]c(C(=O)/C(C#N)=C\c2cccc(F)c2F)c1C. The largest absolute Gasteiger partial charge is 0.462 e. The van der Waals surface area contributed by atoms with Crippen LogP contribution in [-0.2, 0) is 4.74 Å². The molecule has 0 fully saturated rings. The summed E-state index contributed by atoms with van der Waals surface area (Å²) in [5.74, 6) is -3.55. The average molecular weight is 358 g/mol. The van der Waals surface area contributed by atoms with Gasteiger partial charge in [-0.1, -0.05) is 12.1 Å². The van der Waals surface area contributed by atoms with Gasteiger partial charge >= 0.3 is 5.97 Å². The summed E-state index contributed by atoms with van der Waals surface area (Å²) in [5.41, 5.74) is 0.362. The molecular formula is C19H16F2N2O3. The lowest BCUT2D eigenvalue weighted by atomic mass is 10.0. The molecule has 134 valence electrons. The van der Waals surface area contributed by atoms with Crippen molar-refractivity contribution >= 4 is 17.8 Å². The molecule has 26 heavy (non-hydrogen) atoms. The Morgan fingerprint density at radius 3 is 2.62 bits per heavy atom. The Balaban J connectivity index is 2.49. The number of halogens is 2. The summed E-state index contributed by atoms with van der Waals surface area (Å²) < 4.78 is 32.1. The van der Waals surface area contributed by atoms with Gasteiger partial charge in [0.05, 0.1) is 17.9 Å². The van der Waals surface area contributed by atoms with Crippen LogP contribution in [0.2, 0.25) is 0 Å². The molecule has 1 heterocycles. The number of nitrogens with zero attached hydrogens (tertiary/aromatic N) is 1. The van der Waals surface area contributed by atoms with Gasteiger partial charge < -0.3 is 9.72 Å². The first-order valence-electron chi connectivity index (χ1n) is 7.78. The van der Waals surface area contributed by atoms with Gasteiger partial charge in [-0.3, -0.25) is 4.79 Å². The lowest BCUT2D eigenvalue weighted by molar-refractivity contribution is 0.0525. The van der Waals surface area contributed by atoms with E-state index in [1.54, 1.807) is 26.8 Å². The highest BCUT2D eigenvalue weighted by Crippen LogP contribution is 2.23. The lowest BCUT2D eigenvalue weighted by Gasteiger charge is -2.03. The maximum Gasteiger partial charge on any atom is 0.340 e. The molecule has 0 spiro atoms. The second kappa shape index (κ2) is 7.74.